The second kappa shape index (κ2) is 10.1. The molecule has 1 aromatic heterocycles. The number of carbonyl (C=O) groups is 1. The SMILES string of the molecule is Cc1ccc(OCCn2cc(/C=C(\C#N)C(=O)Nc3ccc(C)cc3C)c3ccccc32)cc1. The molecule has 3 aromatic carbocycles. The van der Waals surface area contributed by atoms with Gasteiger partial charge >= 0.3 is 0 Å². The van der Waals surface area contributed by atoms with E-state index < -0.39 is 5.91 Å². The van der Waals surface area contributed by atoms with E-state index in [2.05, 4.69) is 16.0 Å². The molecule has 1 heterocycles. The van der Waals surface area contributed by atoms with Crippen molar-refractivity contribution in [2.45, 2.75) is 27.3 Å². The molecule has 1 amide bonds. The van der Waals surface area contributed by atoms with Crippen molar-refractivity contribution >= 4 is 28.6 Å². The summed E-state index contributed by atoms with van der Waals surface area (Å²) in [6, 6.07) is 23.8. The molecule has 0 radical (unpaired) electrons. The van der Waals surface area contributed by atoms with Crippen LogP contribution in [0, 0.1) is 32.1 Å². The zero-order valence-electron chi connectivity index (χ0n) is 19.6. The molecular formula is C29H27N3O2. The number of rotatable bonds is 7. The number of hydrogen-bond acceptors (Lipinski definition) is 3. The van der Waals surface area contributed by atoms with Crippen LogP contribution in [0.25, 0.3) is 17.0 Å². The van der Waals surface area contributed by atoms with Crippen molar-refractivity contribution in [3.8, 4) is 11.8 Å². The fraction of sp³-hybridized carbons (Fsp3) is 0.172. The fourth-order valence-electron chi connectivity index (χ4n) is 3.92. The lowest BCUT2D eigenvalue weighted by atomic mass is 10.1. The number of aryl methyl sites for hydroxylation is 3. The maximum Gasteiger partial charge on any atom is 0.266 e. The molecule has 170 valence electrons. The summed E-state index contributed by atoms with van der Waals surface area (Å²) in [7, 11) is 0. The van der Waals surface area contributed by atoms with Gasteiger partial charge in [0.1, 0.15) is 24.0 Å². The van der Waals surface area contributed by atoms with E-state index in [1.165, 1.54) is 5.56 Å². The van der Waals surface area contributed by atoms with Gasteiger partial charge in [0.15, 0.2) is 0 Å². The first-order valence-corrected chi connectivity index (χ1v) is 11.2. The highest BCUT2D eigenvalue weighted by molar-refractivity contribution is 6.11. The van der Waals surface area contributed by atoms with E-state index in [1.807, 2.05) is 93.7 Å². The van der Waals surface area contributed by atoms with E-state index in [1.54, 1.807) is 6.08 Å². The van der Waals surface area contributed by atoms with Gasteiger partial charge in [-0.3, -0.25) is 4.79 Å². The topological polar surface area (TPSA) is 67.0 Å². The number of nitrogens with zero attached hydrogens (tertiary/aromatic N) is 2. The molecule has 1 N–H and O–H groups in total. The van der Waals surface area contributed by atoms with Crippen LogP contribution in [0.2, 0.25) is 0 Å². The van der Waals surface area contributed by atoms with E-state index in [9.17, 15) is 10.1 Å². The highest BCUT2D eigenvalue weighted by Gasteiger charge is 2.14. The van der Waals surface area contributed by atoms with Gasteiger partial charge in [-0.05, 0) is 56.7 Å². The molecule has 0 bridgehead atoms. The smallest absolute Gasteiger partial charge is 0.266 e. The standard InChI is InChI=1S/C29H27N3O2/c1-20-8-11-25(12-9-20)34-15-14-32-19-24(26-6-4-5-7-28(26)32)17-23(18-30)29(33)31-27-13-10-21(2)16-22(27)3/h4-13,16-17,19H,14-15H2,1-3H3,(H,31,33)/b23-17+. The van der Waals surface area contributed by atoms with Crippen LogP contribution < -0.4 is 10.1 Å². The number of nitrogens with one attached hydrogen (secondary N) is 1. The highest BCUT2D eigenvalue weighted by atomic mass is 16.5. The van der Waals surface area contributed by atoms with Crippen molar-refractivity contribution in [1.82, 2.24) is 4.57 Å². The Hall–Kier alpha value is -4.30. The van der Waals surface area contributed by atoms with Crippen molar-refractivity contribution in [2.75, 3.05) is 11.9 Å². The lowest BCUT2D eigenvalue weighted by Gasteiger charge is -2.08. The Morgan fingerprint density at radius 3 is 2.50 bits per heavy atom. The molecule has 0 fully saturated rings. The Balaban J connectivity index is 1.55. The third-order valence-electron chi connectivity index (χ3n) is 5.74. The summed E-state index contributed by atoms with van der Waals surface area (Å²) in [5.74, 6) is 0.408. The molecule has 34 heavy (non-hydrogen) atoms. The summed E-state index contributed by atoms with van der Waals surface area (Å²) in [6.07, 6.45) is 3.61. The maximum absolute atomic E-state index is 12.9. The molecule has 0 aliphatic carbocycles. The second-order valence-corrected chi connectivity index (χ2v) is 8.40. The Labute approximate surface area is 199 Å². The van der Waals surface area contributed by atoms with E-state index >= 15 is 0 Å². The zero-order chi connectivity index (χ0) is 24.1. The normalized spacial score (nSPS) is 11.3. The first-order chi connectivity index (χ1) is 16.4. The van der Waals surface area contributed by atoms with Gasteiger partial charge in [-0.2, -0.15) is 5.26 Å². The molecule has 0 saturated heterocycles. The van der Waals surface area contributed by atoms with Crippen molar-refractivity contribution < 1.29 is 9.53 Å². The van der Waals surface area contributed by atoms with Gasteiger partial charge in [-0.25, -0.2) is 0 Å². The molecule has 4 aromatic rings. The third-order valence-corrected chi connectivity index (χ3v) is 5.74. The molecule has 0 spiro atoms. The number of hydrogen-bond donors (Lipinski definition) is 1. The third kappa shape index (κ3) is 5.19. The number of aromatic nitrogens is 1. The van der Waals surface area contributed by atoms with Gasteiger partial charge < -0.3 is 14.6 Å². The van der Waals surface area contributed by atoms with Crippen molar-refractivity contribution in [1.29, 1.82) is 5.26 Å². The zero-order valence-corrected chi connectivity index (χ0v) is 19.6. The largest absolute Gasteiger partial charge is 0.492 e. The number of anilines is 1. The summed E-state index contributed by atoms with van der Waals surface area (Å²) in [5, 5.41) is 13.5. The first kappa shape index (κ1) is 22.9. The molecule has 0 aliphatic heterocycles. The molecule has 4 rings (SSSR count). The summed E-state index contributed by atoms with van der Waals surface area (Å²) in [4.78, 5) is 12.9. The van der Waals surface area contributed by atoms with Crippen LogP contribution in [0.15, 0.2) is 78.5 Å². The summed E-state index contributed by atoms with van der Waals surface area (Å²) < 4.78 is 7.99. The Kier molecular flexibility index (Phi) is 6.79. The Morgan fingerprint density at radius 1 is 1.03 bits per heavy atom. The number of benzene rings is 3. The number of carbonyl (C=O) groups excluding carboxylic acids is 1. The quantitative estimate of drug-likeness (QED) is 0.270. The maximum atomic E-state index is 12.9. The molecular weight excluding hydrogens is 422 g/mol. The molecule has 0 aliphatic rings. The van der Waals surface area contributed by atoms with Crippen LogP contribution in [0.4, 0.5) is 5.69 Å². The first-order valence-electron chi connectivity index (χ1n) is 11.2. The van der Waals surface area contributed by atoms with E-state index in [0.717, 1.165) is 33.3 Å². The minimum Gasteiger partial charge on any atom is -0.492 e. The van der Waals surface area contributed by atoms with Crippen LogP contribution in [-0.2, 0) is 11.3 Å². The highest BCUT2D eigenvalue weighted by Crippen LogP contribution is 2.25. The van der Waals surface area contributed by atoms with Gasteiger partial charge in [0, 0.05) is 28.4 Å². The number of ether oxygens (including phenoxy) is 1. The molecule has 5 heteroatoms. The van der Waals surface area contributed by atoms with E-state index in [-0.39, 0.29) is 5.57 Å². The van der Waals surface area contributed by atoms with Crippen LogP contribution in [0.1, 0.15) is 22.3 Å². The van der Waals surface area contributed by atoms with Crippen LogP contribution in [0.5, 0.6) is 5.75 Å². The molecule has 0 saturated carbocycles. The molecule has 5 nitrogen and oxygen atoms in total. The number of nitriles is 1. The molecule has 0 atom stereocenters. The van der Waals surface area contributed by atoms with Crippen molar-refractivity contribution in [3.05, 3.63) is 101 Å². The molecule has 0 unspecified atom stereocenters. The second-order valence-electron chi connectivity index (χ2n) is 8.40. The Morgan fingerprint density at radius 2 is 1.76 bits per heavy atom. The summed E-state index contributed by atoms with van der Waals surface area (Å²) >= 11 is 0. The van der Waals surface area contributed by atoms with Gasteiger partial charge in [-0.1, -0.05) is 53.6 Å². The fourth-order valence-corrected chi connectivity index (χ4v) is 3.92. The van der Waals surface area contributed by atoms with Crippen molar-refractivity contribution in [3.63, 3.8) is 0 Å². The van der Waals surface area contributed by atoms with Crippen molar-refractivity contribution in [2.24, 2.45) is 0 Å². The van der Waals surface area contributed by atoms with Crippen LogP contribution >= 0.6 is 0 Å². The predicted octanol–water partition coefficient (Wildman–Crippen LogP) is 6.19. The van der Waals surface area contributed by atoms with Gasteiger partial charge in [0.2, 0.25) is 0 Å². The summed E-state index contributed by atoms with van der Waals surface area (Å²) in [5.41, 5.74) is 5.86. The predicted molar refractivity (Wildman–Crippen MR) is 137 cm³/mol. The lowest BCUT2D eigenvalue weighted by molar-refractivity contribution is -0.112. The van der Waals surface area contributed by atoms with Gasteiger partial charge in [0.05, 0.1) is 6.54 Å². The van der Waals surface area contributed by atoms with Gasteiger partial charge in [-0.15, -0.1) is 0 Å². The average Bonchev–Trinajstić information content (AvgIpc) is 3.18. The monoisotopic (exact) mass is 449 g/mol. The van der Waals surface area contributed by atoms with E-state index in [4.69, 9.17) is 4.74 Å². The Bertz CT molecular complexity index is 1410. The number of para-hydroxylation sites is 1. The van der Waals surface area contributed by atoms with Crippen LogP contribution in [-0.4, -0.2) is 17.1 Å². The van der Waals surface area contributed by atoms with Crippen LogP contribution in [0.3, 0.4) is 0 Å². The average molecular weight is 450 g/mol. The summed E-state index contributed by atoms with van der Waals surface area (Å²) in [6.45, 7) is 7.12. The number of fused-ring (bicyclic) bond motifs is 1. The minimum atomic E-state index is -0.422. The minimum absolute atomic E-state index is 0.0544. The number of amides is 1. The lowest BCUT2D eigenvalue weighted by Crippen LogP contribution is -2.14. The van der Waals surface area contributed by atoms with Gasteiger partial charge in [0.25, 0.3) is 5.91 Å². The van der Waals surface area contributed by atoms with E-state index in [0.29, 0.717) is 18.8 Å².